The Bertz CT molecular complexity index is 813. The SMILES string of the molecule is CN(C)CCCNc1ccnc2ccc(-c3ccc(O)cc3)cc12. The normalized spacial score (nSPS) is 11.1. The largest absolute Gasteiger partial charge is 0.508 e. The van der Waals surface area contributed by atoms with Crippen molar-refractivity contribution >= 4 is 16.6 Å². The van der Waals surface area contributed by atoms with Crippen molar-refractivity contribution in [3.05, 3.63) is 54.7 Å². The molecule has 2 N–H and O–H groups in total. The molecule has 0 saturated heterocycles. The summed E-state index contributed by atoms with van der Waals surface area (Å²) in [6, 6.07) is 15.6. The van der Waals surface area contributed by atoms with Gasteiger partial charge in [-0.2, -0.15) is 0 Å². The molecule has 0 unspecified atom stereocenters. The van der Waals surface area contributed by atoms with E-state index in [9.17, 15) is 5.11 Å². The van der Waals surface area contributed by atoms with Crippen molar-refractivity contribution in [2.75, 3.05) is 32.5 Å². The van der Waals surface area contributed by atoms with Crippen LogP contribution in [0, 0.1) is 0 Å². The average molecular weight is 321 g/mol. The number of pyridine rings is 1. The summed E-state index contributed by atoms with van der Waals surface area (Å²) in [4.78, 5) is 6.65. The van der Waals surface area contributed by atoms with Crippen LogP contribution in [0.15, 0.2) is 54.7 Å². The molecule has 3 rings (SSSR count). The number of phenolic OH excluding ortho intramolecular Hbond substituents is 1. The molecular formula is C20H23N3O. The lowest BCUT2D eigenvalue weighted by molar-refractivity contribution is 0.405. The lowest BCUT2D eigenvalue weighted by Gasteiger charge is -2.13. The lowest BCUT2D eigenvalue weighted by Crippen LogP contribution is -2.16. The summed E-state index contributed by atoms with van der Waals surface area (Å²) in [5, 5.41) is 14.1. The minimum atomic E-state index is 0.282. The van der Waals surface area contributed by atoms with Gasteiger partial charge in [0.15, 0.2) is 0 Å². The van der Waals surface area contributed by atoms with Crippen LogP contribution in [-0.4, -0.2) is 42.2 Å². The van der Waals surface area contributed by atoms with E-state index in [2.05, 4.69) is 41.4 Å². The van der Waals surface area contributed by atoms with Crippen LogP contribution in [0.4, 0.5) is 5.69 Å². The number of benzene rings is 2. The summed E-state index contributed by atoms with van der Waals surface area (Å²) in [6.45, 7) is 2.00. The minimum absolute atomic E-state index is 0.282. The number of hydrogen-bond acceptors (Lipinski definition) is 4. The van der Waals surface area contributed by atoms with Crippen LogP contribution < -0.4 is 5.32 Å². The average Bonchev–Trinajstić information content (AvgIpc) is 2.59. The molecule has 2 aromatic carbocycles. The molecule has 0 aliphatic heterocycles. The van der Waals surface area contributed by atoms with Gasteiger partial charge in [-0.25, -0.2) is 0 Å². The van der Waals surface area contributed by atoms with E-state index in [4.69, 9.17) is 0 Å². The molecule has 0 atom stereocenters. The van der Waals surface area contributed by atoms with E-state index >= 15 is 0 Å². The van der Waals surface area contributed by atoms with Crippen molar-refractivity contribution < 1.29 is 5.11 Å². The van der Waals surface area contributed by atoms with E-state index in [1.807, 2.05) is 30.5 Å². The second-order valence-electron chi connectivity index (χ2n) is 6.22. The molecule has 1 aromatic heterocycles. The van der Waals surface area contributed by atoms with E-state index < -0.39 is 0 Å². The molecule has 1 heterocycles. The molecule has 0 saturated carbocycles. The van der Waals surface area contributed by atoms with Crippen molar-refractivity contribution in [1.82, 2.24) is 9.88 Å². The predicted molar refractivity (Wildman–Crippen MR) is 101 cm³/mol. The molecular weight excluding hydrogens is 298 g/mol. The van der Waals surface area contributed by atoms with Gasteiger partial charge in [0.1, 0.15) is 5.75 Å². The third-order valence-corrected chi connectivity index (χ3v) is 4.04. The monoisotopic (exact) mass is 321 g/mol. The molecule has 0 spiro atoms. The van der Waals surface area contributed by atoms with Gasteiger partial charge in [0, 0.05) is 23.8 Å². The second-order valence-corrected chi connectivity index (χ2v) is 6.22. The van der Waals surface area contributed by atoms with Gasteiger partial charge >= 0.3 is 0 Å². The van der Waals surface area contributed by atoms with Crippen LogP contribution in [0.5, 0.6) is 5.75 Å². The predicted octanol–water partition coefficient (Wildman–Crippen LogP) is 3.97. The Kier molecular flexibility index (Phi) is 4.96. The number of phenols is 1. The Morgan fingerprint density at radius 2 is 1.75 bits per heavy atom. The quantitative estimate of drug-likeness (QED) is 0.675. The van der Waals surface area contributed by atoms with Gasteiger partial charge in [0.05, 0.1) is 5.52 Å². The van der Waals surface area contributed by atoms with Gasteiger partial charge in [-0.05, 0) is 68.5 Å². The first-order valence-corrected chi connectivity index (χ1v) is 8.20. The maximum absolute atomic E-state index is 9.46. The molecule has 0 aliphatic rings. The van der Waals surface area contributed by atoms with Crippen LogP contribution in [-0.2, 0) is 0 Å². The molecule has 0 amide bonds. The Labute approximate surface area is 142 Å². The highest BCUT2D eigenvalue weighted by Crippen LogP contribution is 2.28. The van der Waals surface area contributed by atoms with Crippen molar-refractivity contribution in [1.29, 1.82) is 0 Å². The summed E-state index contributed by atoms with van der Waals surface area (Å²) in [5.41, 5.74) is 4.29. The molecule has 124 valence electrons. The molecule has 0 radical (unpaired) electrons. The lowest BCUT2D eigenvalue weighted by atomic mass is 10.0. The van der Waals surface area contributed by atoms with Gasteiger partial charge in [-0.1, -0.05) is 18.2 Å². The van der Waals surface area contributed by atoms with Gasteiger partial charge in [0.2, 0.25) is 0 Å². The zero-order valence-electron chi connectivity index (χ0n) is 14.2. The topological polar surface area (TPSA) is 48.4 Å². The summed E-state index contributed by atoms with van der Waals surface area (Å²) >= 11 is 0. The maximum Gasteiger partial charge on any atom is 0.115 e. The van der Waals surface area contributed by atoms with E-state index in [1.165, 1.54) is 0 Å². The van der Waals surface area contributed by atoms with Crippen molar-refractivity contribution in [3.63, 3.8) is 0 Å². The van der Waals surface area contributed by atoms with Crippen molar-refractivity contribution in [3.8, 4) is 16.9 Å². The zero-order chi connectivity index (χ0) is 16.9. The first-order valence-electron chi connectivity index (χ1n) is 8.20. The first-order chi connectivity index (χ1) is 11.6. The fraction of sp³-hybridized carbons (Fsp3) is 0.250. The second kappa shape index (κ2) is 7.32. The molecule has 0 bridgehead atoms. The van der Waals surface area contributed by atoms with E-state index in [0.29, 0.717) is 0 Å². The Morgan fingerprint density at radius 3 is 2.50 bits per heavy atom. The van der Waals surface area contributed by atoms with Crippen molar-refractivity contribution in [2.24, 2.45) is 0 Å². The number of rotatable bonds is 6. The summed E-state index contributed by atoms with van der Waals surface area (Å²) in [5.74, 6) is 0.282. The number of fused-ring (bicyclic) bond motifs is 1. The minimum Gasteiger partial charge on any atom is -0.508 e. The zero-order valence-corrected chi connectivity index (χ0v) is 14.2. The van der Waals surface area contributed by atoms with Gasteiger partial charge in [0.25, 0.3) is 0 Å². The molecule has 0 aliphatic carbocycles. The van der Waals surface area contributed by atoms with E-state index in [0.717, 1.165) is 47.2 Å². The fourth-order valence-electron chi connectivity index (χ4n) is 2.75. The first kappa shape index (κ1) is 16.3. The van der Waals surface area contributed by atoms with Crippen molar-refractivity contribution in [2.45, 2.75) is 6.42 Å². The standard InChI is InChI=1S/C20H23N3O/c1-23(2)13-3-11-21-20-10-12-22-19-9-6-16(14-18(19)20)15-4-7-17(24)8-5-15/h4-10,12,14,24H,3,11,13H2,1-2H3,(H,21,22). The maximum atomic E-state index is 9.46. The third-order valence-electron chi connectivity index (χ3n) is 4.04. The van der Waals surface area contributed by atoms with E-state index in [1.54, 1.807) is 12.1 Å². The highest BCUT2D eigenvalue weighted by molar-refractivity contribution is 5.94. The molecule has 4 nitrogen and oxygen atoms in total. The summed E-state index contributed by atoms with van der Waals surface area (Å²) < 4.78 is 0. The Balaban J connectivity index is 1.87. The van der Waals surface area contributed by atoms with Crippen LogP contribution >= 0.6 is 0 Å². The van der Waals surface area contributed by atoms with Crippen LogP contribution in [0.3, 0.4) is 0 Å². The van der Waals surface area contributed by atoms with Gasteiger partial charge in [-0.3, -0.25) is 4.98 Å². The van der Waals surface area contributed by atoms with Gasteiger partial charge in [-0.15, -0.1) is 0 Å². The van der Waals surface area contributed by atoms with E-state index in [-0.39, 0.29) is 5.75 Å². The number of nitrogens with one attached hydrogen (secondary N) is 1. The highest BCUT2D eigenvalue weighted by atomic mass is 16.3. The Morgan fingerprint density at radius 1 is 1.00 bits per heavy atom. The molecule has 24 heavy (non-hydrogen) atoms. The highest BCUT2D eigenvalue weighted by Gasteiger charge is 2.05. The number of anilines is 1. The molecule has 4 heteroatoms. The van der Waals surface area contributed by atoms with Gasteiger partial charge < -0.3 is 15.3 Å². The third kappa shape index (κ3) is 3.84. The number of hydrogen-bond donors (Lipinski definition) is 2. The Hall–Kier alpha value is -2.59. The number of nitrogens with zero attached hydrogens (tertiary/aromatic N) is 2. The molecule has 3 aromatic rings. The van der Waals surface area contributed by atoms with Crippen LogP contribution in [0.1, 0.15) is 6.42 Å². The van der Waals surface area contributed by atoms with Crippen LogP contribution in [0.25, 0.3) is 22.0 Å². The number of aromatic nitrogens is 1. The smallest absolute Gasteiger partial charge is 0.115 e. The van der Waals surface area contributed by atoms with Crippen LogP contribution in [0.2, 0.25) is 0 Å². The number of aromatic hydroxyl groups is 1. The summed E-state index contributed by atoms with van der Waals surface area (Å²) in [6.07, 6.45) is 2.94. The summed E-state index contributed by atoms with van der Waals surface area (Å²) in [7, 11) is 4.18. The molecule has 0 fully saturated rings. The fourth-order valence-corrected chi connectivity index (χ4v) is 2.75.